The topological polar surface area (TPSA) is 42.7 Å². The summed E-state index contributed by atoms with van der Waals surface area (Å²) in [4.78, 5) is 14.1. The van der Waals surface area contributed by atoms with Crippen LogP contribution in [-0.2, 0) is 4.74 Å². The van der Waals surface area contributed by atoms with Gasteiger partial charge in [-0.15, -0.1) is 0 Å². The van der Waals surface area contributed by atoms with Crippen molar-refractivity contribution in [3.8, 4) is 0 Å². The van der Waals surface area contributed by atoms with E-state index in [0.29, 0.717) is 31.2 Å². The molecule has 0 saturated carbocycles. The second kappa shape index (κ2) is 5.69. The molecule has 21 heavy (non-hydrogen) atoms. The Morgan fingerprint density at radius 2 is 2.00 bits per heavy atom. The van der Waals surface area contributed by atoms with Crippen molar-refractivity contribution in [2.24, 2.45) is 0 Å². The van der Waals surface area contributed by atoms with Crippen molar-refractivity contribution in [3.63, 3.8) is 0 Å². The Balaban J connectivity index is 1.73. The van der Waals surface area contributed by atoms with Gasteiger partial charge >= 0.3 is 0 Å². The Kier molecular flexibility index (Phi) is 3.75. The highest BCUT2D eigenvalue weighted by Gasteiger charge is 2.27. The minimum Gasteiger partial charge on any atom is -0.456 e. The summed E-state index contributed by atoms with van der Waals surface area (Å²) >= 11 is 0. The van der Waals surface area contributed by atoms with E-state index in [0.717, 1.165) is 5.56 Å². The van der Waals surface area contributed by atoms with E-state index >= 15 is 0 Å². The zero-order valence-electron chi connectivity index (χ0n) is 11.7. The van der Waals surface area contributed by atoms with Gasteiger partial charge in [0.2, 0.25) is 0 Å². The first-order valence-electron chi connectivity index (χ1n) is 6.86. The molecule has 2 heterocycles. The molecule has 1 amide bonds. The molecule has 1 aliphatic rings. The summed E-state index contributed by atoms with van der Waals surface area (Å²) in [5, 5.41) is 0. The van der Waals surface area contributed by atoms with Crippen LogP contribution in [0.1, 0.15) is 28.0 Å². The molecule has 1 fully saturated rings. The van der Waals surface area contributed by atoms with Crippen LogP contribution in [-0.4, -0.2) is 30.5 Å². The molecule has 1 aromatic carbocycles. The highest BCUT2D eigenvalue weighted by molar-refractivity contribution is 5.91. The molecule has 3 rings (SSSR count). The van der Waals surface area contributed by atoms with Crippen LogP contribution in [0.25, 0.3) is 0 Å². The predicted octanol–water partition coefficient (Wildman–Crippen LogP) is 2.94. The monoisotopic (exact) mass is 289 g/mol. The third-order valence-electron chi connectivity index (χ3n) is 3.55. The Morgan fingerprint density at radius 3 is 2.67 bits per heavy atom. The first-order chi connectivity index (χ1) is 10.1. The zero-order chi connectivity index (χ0) is 14.8. The van der Waals surface area contributed by atoms with Crippen molar-refractivity contribution in [2.75, 3.05) is 19.7 Å². The fraction of sp³-hybridized carbons (Fsp3) is 0.312. The predicted molar refractivity (Wildman–Crippen MR) is 74.4 cm³/mol. The number of amides is 1. The number of hydrogen-bond donors (Lipinski definition) is 0. The van der Waals surface area contributed by atoms with Gasteiger partial charge < -0.3 is 14.1 Å². The first kappa shape index (κ1) is 13.8. The second-order valence-corrected chi connectivity index (χ2v) is 5.07. The number of furan rings is 1. The van der Waals surface area contributed by atoms with Crippen LogP contribution >= 0.6 is 0 Å². The number of aryl methyl sites for hydroxylation is 1. The lowest BCUT2D eigenvalue weighted by atomic mass is 10.1. The molecule has 2 aromatic rings. The highest BCUT2D eigenvalue weighted by atomic mass is 19.1. The van der Waals surface area contributed by atoms with Gasteiger partial charge in [0.25, 0.3) is 5.91 Å². The smallest absolute Gasteiger partial charge is 0.289 e. The van der Waals surface area contributed by atoms with Gasteiger partial charge in [-0.2, -0.15) is 0 Å². The van der Waals surface area contributed by atoms with Gasteiger partial charge in [0.1, 0.15) is 17.7 Å². The number of carbonyl (C=O) groups excluding carboxylic acids is 1. The molecule has 5 heteroatoms. The van der Waals surface area contributed by atoms with Crippen molar-refractivity contribution in [1.29, 1.82) is 0 Å². The van der Waals surface area contributed by atoms with E-state index in [9.17, 15) is 9.18 Å². The largest absolute Gasteiger partial charge is 0.456 e. The normalized spacial score (nSPS) is 18.8. The molecule has 1 atom stereocenters. The standard InChI is InChI=1S/C16H16FNO3/c1-11-2-7-14(21-11)16(19)18-8-9-20-15(10-18)12-3-5-13(17)6-4-12/h2-7,15H,8-10H2,1H3/t15-/m0/s1. The minimum atomic E-state index is -0.284. The van der Waals surface area contributed by atoms with E-state index in [2.05, 4.69) is 0 Å². The number of halogens is 1. The average molecular weight is 289 g/mol. The maximum atomic E-state index is 13.0. The molecule has 0 unspecified atom stereocenters. The third kappa shape index (κ3) is 2.97. The van der Waals surface area contributed by atoms with Gasteiger partial charge in [0, 0.05) is 6.54 Å². The lowest BCUT2D eigenvalue weighted by molar-refractivity contribution is -0.0238. The van der Waals surface area contributed by atoms with Crippen LogP contribution in [0, 0.1) is 12.7 Å². The van der Waals surface area contributed by atoms with Gasteiger partial charge in [-0.3, -0.25) is 4.79 Å². The number of rotatable bonds is 2. The van der Waals surface area contributed by atoms with Crippen molar-refractivity contribution in [2.45, 2.75) is 13.0 Å². The first-order valence-corrected chi connectivity index (χ1v) is 6.86. The fourth-order valence-corrected chi connectivity index (χ4v) is 2.42. The molecular formula is C16H16FNO3. The summed E-state index contributed by atoms with van der Waals surface area (Å²) in [5.74, 6) is 0.626. The summed E-state index contributed by atoms with van der Waals surface area (Å²) in [5.41, 5.74) is 0.865. The molecule has 1 aliphatic heterocycles. The van der Waals surface area contributed by atoms with Gasteiger partial charge in [-0.1, -0.05) is 12.1 Å². The van der Waals surface area contributed by atoms with E-state index in [-0.39, 0.29) is 17.8 Å². The van der Waals surface area contributed by atoms with Crippen LogP contribution in [0.3, 0.4) is 0 Å². The van der Waals surface area contributed by atoms with Gasteiger partial charge in [0.15, 0.2) is 5.76 Å². The third-order valence-corrected chi connectivity index (χ3v) is 3.55. The number of nitrogens with zero attached hydrogens (tertiary/aromatic N) is 1. The van der Waals surface area contributed by atoms with E-state index in [1.54, 1.807) is 36.1 Å². The van der Waals surface area contributed by atoms with Crippen molar-refractivity contribution >= 4 is 5.91 Å². The molecule has 0 bridgehead atoms. The van der Waals surface area contributed by atoms with Crippen LogP contribution in [0.5, 0.6) is 0 Å². The quantitative estimate of drug-likeness (QED) is 0.853. The minimum absolute atomic E-state index is 0.140. The number of carbonyl (C=O) groups is 1. The second-order valence-electron chi connectivity index (χ2n) is 5.07. The van der Waals surface area contributed by atoms with Crippen LogP contribution in [0.4, 0.5) is 4.39 Å². The highest BCUT2D eigenvalue weighted by Crippen LogP contribution is 2.23. The average Bonchev–Trinajstić information content (AvgIpc) is 2.94. The van der Waals surface area contributed by atoms with Crippen molar-refractivity contribution in [1.82, 2.24) is 4.90 Å². The molecule has 1 aromatic heterocycles. The molecule has 110 valence electrons. The van der Waals surface area contributed by atoms with Crippen LogP contribution in [0.2, 0.25) is 0 Å². The van der Waals surface area contributed by atoms with Crippen LogP contribution < -0.4 is 0 Å². The Bertz CT molecular complexity index is 635. The summed E-state index contributed by atoms with van der Waals surface area (Å²) in [6.45, 7) is 3.21. The number of morpholine rings is 1. The molecule has 1 saturated heterocycles. The molecule has 0 spiro atoms. The zero-order valence-corrected chi connectivity index (χ0v) is 11.7. The van der Waals surface area contributed by atoms with E-state index in [1.807, 2.05) is 0 Å². The van der Waals surface area contributed by atoms with E-state index in [1.165, 1.54) is 12.1 Å². The summed E-state index contributed by atoms with van der Waals surface area (Å²) in [7, 11) is 0. The number of ether oxygens (including phenoxy) is 1. The fourth-order valence-electron chi connectivity index (χ4n) is 2.42. The van der Waals surface area contributed by atoms with Gasteiger partial charge in [-0.25, -0.2) is 4.39 Å². The van der Waals surface area contributed by atoms with Crippen molar-refractivity contribution < 1.29 is 18.3 Å². The molecule has 0 N–H and O–H groups in total. The Morgan fingerprint density at radius 1 is 1.24 bits per heavy atom. The van der Waals surface area contributed by atoms with Crippen molar-refractivity contribution in [3.05, 3.63) is 59.3 Å². The number of benzene rings is 1. The maximum Gasteiger partial charge on any atom is 0.289 e. The lowest BCUT2D eigenvalue weighted by Crippen LogP contribution is -2.42. The molecule has 4 nitrogen and oxygen atoms in total. The number of hydrogen-bond acceptors (Lipinski definition) is 3. The molecular weight excluding hydrogens is 273 g/mol. The SMILES string of the molecule is Cc1ccc(C(=O)N2CCO[C@H](c3ccc(F)cc3)C2)o1. The molecule has 0 aliphatic carbocycles. The Labute approximate surface area is 122 Å². The van der Waals surface area contributed by atoms with Gasteiger partial charge in [-0.05, 0) is 36.8 Å². The maximum absolute atomic E-state index is 13.0. The lowest BCUT2D eigenvalue weighted by Gasteiger charge is -2.32. The van der Waals surface area contributed by atoms with Gasteiger partial charge in [0.05, 0.1) is 13.2 Å². The Hall–Kier alpha value is -2.14. The summed E-state index contributed by atoms with van der Waals surface area (Å²) < 4.78 is 24.0. The van der Waals surface area contributed by atoms with E-state index in [4.69, 9.17) is 9.15 Å². The summed E-state index contributed by atoms with van der Waals surface area (Å²) in [6.07, 6.45) is -0.237. The van der Waals surface area contributed by atoms with Crippen LogP contribution in [0.15, 0.2) is 40.8 Å². The van der Waals surface area contributed by atoms with E-state index < -0.39 is 0 Å². The molecule has 0 radical (unpaired) electrons. The summed E-state index contributed by atoms with van der Waals surface area (Å²) in [6, 6.07) is 9.62.